The van der Waals surface area contributed by atoms with E-state index in [4.69, 9.17) is 9.88 Å². The van der Waals surface area contributed by atoms with Gasteiger partial charge in [0.1, 0.15) is 17.3 Å². The van der Waals surface area contributed by atoms with Crippen LogP contribution >= 0.6 is 0 Å². The first-order valence-electron chi connectivity index (χ1n) is 5.51. The van der Waals surface area contributed by atoms with Gasteiger partial charge in [0, 0.05) is 6.54 Å². The maximum atomic E-state index is 11.3. The van der Waals surface area contributed by atoms with Crippen LogP contribution in [0.3, 0.4) is 0 Å². The van der Waals surface area contributed by atoms with Crippen molar-refractivity contribution in [2.45, 2.75) is 18.2 Å². The Balaban J connectivity index is 2.59. The summed E-state index contributed by atoms with van der Waals surface area (Å²) in [5.74, 6) is 0.299. The van der Waals surface area contributed by atoms with Gasteiger partial charge in [0.05, 0.1) is 0 Å². The van der Waals surface area contributed by atoms with E-state index in [1.54, 1.807) is 18.2 Å². The van der Waals surface area contributed by atoms with E-state index >= 15 is 0 Å². The summed E-state index contributed by atoms with van der Waals surface area (Å²) in [4.78, 5) is 0.0236. The first kappa shape index (κ1) is 14.0. The molecule has 0 aliphatic heterocycles. The Labute approximate surface area is 102 Å². The van der Waals surface area contributed by atoms with Gasteiger partial charge in [-0.2, -0.15) is 0 Å². The van der Waals surface area contributed by atoms with Gasteiger partial charge < -0.3 is 10.1 Å². The lowest BCUT2D eigenvalue weighted by molar-refractivity contribution is 0.306. The highest BCUT2D eigenvalue weighted by atomic mass is 32.2. The fourth-order valence-corrected chi connectivity index (χ4v) is 2.02. The molecule has 0 heterocycles. The SMILES string of the molecule is CCCNCCOc1ccccc1S(N)(=O)=O. The van der Waals surface area contributed by atoms with Crippen LogP contribution in [0.4, 0.5) is 0 Å². The summed E-state index contributed by atoms with van der Waals surface area (Å²) >= 11 is 0. The zero-order chi connectivity index (χ0) is 12.7. The van der Waals surface area contributed by atoms with E-state index < -0.39 is 10.0 Å². The Kier molecular flexibility index (Phi) is 5.40. The minimum atomic E-state index is -3.73. The summed E-state index contributed by atoms with van der Waals surface area (Å²) in [6.07, 6.45) is 1.05. The Morgan fingerprint density at radius 3 is 2.65 bits per heavy atom. The first-order valence-corrected chi connectivity index (χ1v) is 7.05. The van der Waals surface area contributed by atoms with E-state index in [1.165, 1.54) is 6.07 Å². The minimum Gasteiger partial charge on any atom is -0.491 e. The van der Waals surface area contributed by atoms with Gasteiger partial charge in [0.15, 0.2) is 0 Å². The topological polar surface area (TPSA) is 81.4 Å². The van der Waals surface area contributed by atoms with Gasteiger partial charge in [-0.15, -0.1) is 0 Å². The molecule has 6 heteroatoms. The minimum absolute atomic E-state index is 0.0236. The molecule has 5 nitrogen and oxygen atoms in total. The van der Waals surface area contributed by atoms with Crippen molar-refractivity contribution in [3.63, 3.8) is 0 Å². The van der Waals surface area contributed by atoms with Gasteiger partial charge >= 0.3 is 0 Å². The summed E-state index contributed by atoms with van der Waals surface area (Å²) in [5, 5.41) is 8.24. The van der Waals surface area contributed by atoms with E-state index in [0.29, 0.717) is 18.9 Å². The molecule has 0 amide bonds. The second kappa shape index (κ2) is 6.58. The molecular weight excluding hydrogens is 240 g/mol. The molecule has 3 N–H and O–H groups in total. The lowest BCUT2D eigenvalue weighted by Gasteiger charge is -2.10. The number of nitrogens with one attached hydrogen (secondary N) is 1. The smallest absolute Gasteiger partial charge is 0.241 e. The first-order chi connectivity index (χ1) is 8.05. The van der Waals surface area contributed by atoms with Crippen molar-refractivity contribution in [2.75, 3.05) is 19.7 Å². The maximum absolute atomic E-state index is 11.3. The molecule has 0 atom stereocenters. The summed E-state index contributed by atoms with van der Waals surface area (Å²) < 4.78 is 27.9. The van der Waals surface area contributed by atoms with Crippen LogP contribution in [0.1, 0.15) is 13.3 Å². The van der Waals surface area contributed by atoms with Crippen molar-refractivity contribution >= 4 is 10.0 Å². The number of para-hydroxylation sites is 1. The van der Waals surface area contributed by atoms with Crippen molar-refractivity contribution in [3.8, 4) is 5.75 Å². The zero-order valence-corrected chi connectivity index (χ0v) is 10.7. The number of rotatable bonds is 7. The number of sulfonamides is 1. The average Bonchev–Trinajstić information content (AvgIpc) is 2.28. The second-order valence-electron chi connectivity index (χ2n) is 3.59. The van der Waals surface area contributed by atoms with Crippen LogP contribution in [-0.2, 0) is 10.0 Å². The molecule has 0 spiro atoms. The number of nitrogens with two attached hydrogens (primary N) is 1. The molecule has 1 aromatic carbocycles. The maximum Gasteiger partial charge on any atom is 0.241 e. The number of ether oxygens (including phenoxy) is 1. The molecule has 96 valence electrons. The number of benzene rings is 1. The largest absolute Gasteiger partial charge is 0.491 e. The Morgan fingerprint density at radius 2 is 2.00 bits per heavy atom. The van der Waals surface area contributed by atoms with Crippen molar-refractivity contribution < 1.29 is 13.2 Å². The molecule has 0 aliphatic carbocycles. The Morgan fingerprint density at radius 1 is 1.29 bits per heavy atom. The van der Waals surface area contributed by atoms with Gasteiger partial charge in [-0.05, 0) is 25.1 Å². The van der Waals surface area contributed by atoms with Gasteiger partial charge in [-0.25, -0.2) is 13.6 Å². The van der Waals surface area contributed by atoms with Crippen molar-refractivity contribution in [2.24, 2.45) is 5.14 Å². The van der Waals surface area contributed by atoms with Crippen molar-refractivity contribution in [3.05, 3.63) is 24.3 Å². The van der Waals surface area contributed by atoms with Crippen LogP contribution in [-0.4, -0.2) is 28.1 Å². The van der Waals surface area contributed by atoms with E-state index in [0.717, 1.165) is 13.0 Å². The summed E-state index contributed by atoms with van der Waals surface area (Å²) in [7, 11) is -3.73. The predicted molar refractivity (Wildman–Crippen MR) is 66.5 cm³/mol. The third-order valence-electron chi connectivity index (χ3n) is 2.12. The zero-order valence-electron chi connectivity index (χ0n) is 9.85. The van der Waals surface area contributed by atoms with E-state index in [-0.39, 0.29) is 4.90 Å². The number of hydrogen-bond acceptors (Lipinski definition) is 4. The molecule has 0 saturated carbocycles. The van der Waals surface area contributed by atoms with Gasteiger partial charge in [-0.3, -0.25) is 0 Å². The molecule has 1 rings (SSSR count). The quantitative estimate of drug-likeness (QED) is 0.706. The Bertz CT molecular complexity index is 446. The van der Waals surface area contributed by atoms with E-state index in [2.05, 4.69) is 12.2 Å². The van der Waals surface area contributed by atoms with Gasteiger partial charge in [0.25, 0.3) is 0 Å². The van der Waals surface area contributed by atoms with Gasteiger partial charge in [0.2, 0.25) is 10.0 Å². The third-order valence-corrected chi connectivity index (χ3v) is 3.07. The lowest BCUT2D eigenvalue weighted by Crippen LogP contribution is -2.22. The average molecular weight is 258 g/mol. The molecule has 17 heavy (non-hydrogen) atoms. The highest BCUT2D eigenvalue weighted by molar-refractivity contribution is 7.89. The monoisotopic (exact) mass is 258 g/mol. The molecule has 0 bridgehead atoms. The number of primary sulfonamides is 1. The van der Waals surface area contributed by atoms with Crippen molar-refractivity contribution in [1.82, 2.24) is 5.32 Å². The lowest BCUT2D eigenvalue weighted by atomic mass is 10.3. The van der Waals surface area contributed by atoms with Crippen LogP contribution in [0.5, 0.6) is 5.75 Å². The normalized spacial score (nSPS) is 11.4. The standard InChI is InChI=1S/C11H18N2O3S/c1-2-7-13-8-9-16-10-5-3-4-6-11(10)17(12,14)15/h3-6,13H,2,7-9H2,1H3,(H2,12,14,15). The predicted octanol–water partition coefficient (Wildman–Crippen LogP) is 0.712. The highest BCUT2D eigenvalue weighted by Crippen LogP contribution is 2.21. The van der Waals surface area contributed by atoms with Crippen LogP contribution in [0, 0.1) is 0 Å². The molecule has 0 aliphatic rings. The summed E-state index contributed by atoms with van der Waals surface area (Å²) in [6, 6.07) is 6.36. The Hall–Kier alpha value is -1.11. The van der Waals surface area contributed by atoms with Crippen LogP contribution in [0.25, 0.3) is 0 Å². The number of hydrogen-bond donors (Lipinski definition) is 2. The molecule has 0 fully saturated rings. The van der Waals surface area contributed by atoms with Crippen molar-refractivity contribution in [1.29, 1.82) is 0 Å². The van der Waals surface area contributed by atoms with Gasteiger partial charge in [-0.1, -0.05) is 19.1 Å². The second-order valence-corrected chi connectivity index (χ2v) is 5.12. The van der Waals surface area contributed by atoms with E-state index in [9.17, 15) is 8.42 Å². The molecule has 0 radical (unpaired) electrons. The van der Waals surface area contributed by atoms with Crippen LogP contribution < -0.4 is 15.2 Å². The molecular formula is C11H18N2O3S. The molecule has 0 saturated heterocycles. The fraction of sp³-hybridized carbons (Fsp3) is 0.455. The fourth-order valence-electron chi connectivity index (χ4n) is 1.34. The summed E-state index contributed by atoms with van der Waals surface area (Å²) in [5.41, 5.74) is 0. The molecule has 1 aromatic rings. The summed E-state index contributed by atoms with van der Waals surface area (Å²) in [6.45, 7) is 4.07. The molecule has 0 unspecified atom stereocenters. The highest BCUT2D eigenvalue weighted by Gasteiger charge is 2.13. The van der Waals surface area contributed by atoms with E-state index in [1.807, 2.05) is 0 Å². The molecule has 0 aromatic heterocycles. The van der Waals surface area contributed by atoms with Crippen LogP contribution in [0.2, 0.25) is 0 Å². The third kappa shape index (κ3) is 4.72. The van der Waals surface area contributed by atoms with Crippen LogP contribution in [0.15, 0.2) is 29.2 Å².